The van der Waals surface area contributed by atoms with Crippen LogP contribution in [0.4, 0.5) is 5.13 Å². The van der Waals surface area contributed by atoms with E-state index in [1.54, 1.807) is 42.5 Å². The van der Waals surface area contributed by atoms with Gasteiger partial charge in [-0.1, -0.05) is 29.0 Å². The third-order valence-corrected chi connectivity index (χ3v) is 9.05. The van der Waals surface area contributed by atoms with E-state index in [9.17, 15) is 16.8 Å². The molecule has 1 aromatic heterocycles. The van der Waals surface area contributed by atoms with E-state index in [2.05, 4.69) is 4.98 Å². The van der Waals surface area contributed by atoms with E-state index >= 15 is 0 Å². The summed E-state index contributed by atoms with van der Waals surface area (Å²) in [6.45, 7) is 3.74. The Hall–Kier alpha value is -2.01. The van der Waals surface area contributed by atoms with Gasteiger partial charge in [0.15, 0.2) is 15.0 Å². The van der Waals surface area contributed by atoms with Crippen LogP contribution in [0, 0.1) is 6.92 Å². The van der Waals surface area contributed by atoms with Crippen molar-refractivity contribution in [3.05, 3.63) is 48.0 Å². The molecule has 7 nitrogen and oxygen atoms in total. The van der Waals surface area contributed by atoms with Crippen LogP contribution in [0.2, 0.25) is 0 Å². The summed E-state index contributed by atoms with van der Waals surface area (Å²) in [5, 5.41) is 0.776. The topological polar surface area (TPSA) is 87.7 Å². The van der Waals surface area contributed by atoms with Gasteiger partial charge >= 0.3 is 0 Å². The van der Waals surface area contributed by atoms with E-state index in [1.807, 2.05) is 11.8 Å². The average molecular weight is 452 g/mol. The minimum Gasteiger partial charge on any atom is -0.345 e. The lowest BCUT2D eigenvalue weighted by atomic mass is 10.2. The number of hydrogen-bond donors (Lipinski definition) is 0. The molecule has 10 heteroatoms. The molecule has 0 bridgehead atoms. The monoisotopic (exact) mass is 451 g/mol. The van der Waals surface area contributed by atoms with Crippen LogP contribution >= 0.6 is 11.3 Å². The van der Waals surface area contributed by atoms with Gasteiger partial charge in [0.25, 0.3) is 0 Å². The maximum Gasteiger partial charge on any atom is 0.243 e. The molecule has 0 aliphatic carbocycles. The Balaban J connectivity index is 1.51. The zero-order valence-electron chi connectivity index (χ0n) is 16.1. The Morgan fingerprint density at radius 3 is 2.14 bits per heavy atom. The zero-order chi connectivity index (χ0) is 20.8. The number of aromatic nitrogens is 1. The third kappa shape index (κ3) is 4.02. The van der Waals surface area contributed by atoms with Crippen LogP contribution in [0.25, 0.3) is 10.2 Å². The Labute approximate surface area is 174 Å². The summed E-state index contributed by atoms with van der Waals surface area (Å²) in [5.41, 5.74) is 1.76. The number of benzene rings is 2. The van der Waals surface area contributed by atoms with Crippen LogP contribution in [0.5, 0.6) is 0 Å². The predicted octanol–water partition coefficient (Wildman–Crippen LogP) is 2.52. The molecule has 4 rings (SSSR count). The summed E-state index contributed by atoms with van der Waals surface area (Å²) >= 11 is 1.42. The lowest BCUT2D eigenvalue weighted by Crippen LogP contribution is -2.48. The van der Waals surface area contributed by atoms with Crippen LogP contribution in [0.3, 0.4) is 0 Å². The second-order valence-corrected chi connectivity index (χ2v) is 12.1. The van der Waals surface area contributed by atoms with Crippen LogP contribution < -0.4 is 4.90 Å². The number of piperazine rings is 1. The van der Waals surface area contributed by atoms with E-state index < -0.39 is 19.9 Å². The number of aryl methyl sites for hydroxylation is 1. The fourth-order valence-electron chi connectivity index (χ4n) is 3.24. The fourth-order valence-corrected chi connectivity index (χ4v) is 6.44. The first-order valence-corrected chi connectivity index (χ1v) is 13.2. The Morgan fingerprint density at radius 2 is 1.52 bits per heavy atom. The number of thiazole rings is 1. The van der Waals surface area contributed by atoms with Crippen molar-refractivity contribution >= 4 is 46.5 Å². The lowest BCUT2D eigenvalue weighted by Gasteiger charge is -2.33. The van der Waals surface area contributed by atoms with Crippen LogP contribution in [0.1, 0.15) is 5.56 Å². The third-order valence-electron chi connectivity index (χ3n) is 4.94. The number of anilines is 1. The van der Waals surface area contributed by atoms with Gasteiger partial charge in [-0.25, -0.2) is 21.8 Å². The Bertz CT molecular complexity index is 1260. The van der Waals surface area contributed by atoms with Gasteiger partial charge in [0, 0.05) is 32.4 Å². The molecular weight excluding hydrogens is 430 g/mol. The van der Waals surface area contributed by atoms with Crippen molar-refractivity contribution in [2.75, 3.05) is 37.3 Å². The lowest BCUT2D eigenvalue weighted by molar-refractivity contribution is 0.385. The Morgan fingerprint density at radius 1 is 0.897 bits per heavy atom. The fraction of sp³-hybridized carbons (Fsp3) is 0.316. The smallest absolute Gasteiger partial charge is 0.243 e. The molecule has 1 saturated heterocycles. The molecule has 1 aliphatic heterocycles. The molecule has 2 heterocycles. The van der Waals surface area contributed by atoms with Crippen molar-refractivity contribution in [1.82, 2.24) is 9.29 Å². The predicted molar refractivity (Wildman–Crippen MR) is 115 cm³/mol. The standard InChI is InChI=1S/C19H21N3O4S3/c1-14-3-5-15(6-4-14)29(25,26)22-11-9-21(10-12-22)19-20-17-8-7-16(28(2,23)24)13-18(17)27-19/h3-8,13H,9-12H2,1-2H3. The number of sulfone groups is 1. The second kappa shape index (κ2) is 7.35. The van der Waals surface area contributed by atoms with Crippen molar-refractivity contribution < 1.29 is 16.8 Å². The van der Waals surface area contributed by atoms with Gasteiger partial charge in [-0.3, -0.25) is 0 Å². The van der Waals surface area contributed by atoms with Gasteiger partial charge in [0.05, 0.1) is 20.0 Å². The summed E-state index contributed by atoms with van der Waals surface area (Å²) in [6, 6.07) is 11.8. The molecule has 1 aliphatic rings. The molecule has 0 spiro atoms. The van der Waals surface area contributed by atoms with Gasteiger partial charge in [-0.2, -0.15) is 4.31 Å². The normalized spacial score (nSPS) is 16.4. The molecule has 0 amide bonds. The summed E-state index contributed by atoms with van der Waals surface area (Å²) in [6.07, 6.45) is 1.18. The van der Waals surface area contributed by atoms with E-state index in [-0.39, 0.29) is 4.90 Å². The van der Waals surface area contributed by atoms with Gasteiger partial charge in [0.2, 0.25) is 10.0 Å². The zero-order valence-corrected chi connectivity index (χ0v) is 18.5. The highest BCUT2D eigenvalue weighted by molar-refractivity contribution is 7.90. The molecule has 0 saturated carbocycles. The van der Waals surface area contributed by atoms with Gasteiger partial charge in [-0.05, 0) is 37.3 Å². The van der Waals surface area contributed by atoms with Crippen molar-refractivity contribution in [2.45, 2.75) is 16.7 Å². The van der Waals surface area contributed by atoms with Crippen LogP contribution in [-0.2, 0) is 19.9 Å². The van der Waals surface area contributed by atoms with E-state index in [0.29, 0.717) is 31.1 Å². The van der Waals surface area contributed by atoms with Crippen molar-refractivity contribution in [3.63, 3.8) is 0 Å². The number of sulfonamides is 1. The quantitative estimate of drug-likeness (QED) is 0.606. The summed E-state index contributed by atoms with van der Waals surface area (Å²) in [4.78, 5) is 7.23. The number of hydrogen-bond acceptors (Lipinski definition) is 7. The Kier molecular flexibility index (Phi) is 5.14. The minimum atomic E-state index is -3.51. The molecule has 3 aromatic rings. The minimum absolute atomic E-state index is 0.272. The molecule has 0 atom stereocenters. The maximum absolute atomic E-state index is 12.9. The van der Waals surface area contributed by atoms with Crippen molar-refractivity contribution in [2.24, 2.45) is 0 Å². The first kappa shape index (κ1) is 20.3. The van der Waals surface area contributed by atoms with E-state index in [0.717, 1.165) is 20.9 Å². The van der Waals surface area contributed by atoms with Crippen LogP contribution in [0.15, 0.2) is 52.3 Å². The van der Waals surface area contributed by atoms with E-state index in [1.165, 1.54) is 21.9 Å². The largest absolute Gasteiger partial charge is 0.345 e. The highest BCUT2D eigenvalue weighted by atomic mass is 32.2. The molecule has 0 radical (unpaired) electrons. The summed E-state index contributed by atoms with van der Waals surface area (Å²) in [7, 11) is -6.78. The highest BCUT2D eigenvalue weighted by Crippen LogP contribution is 2.31. The number of rotatable bonds is 4. The van der Waals surface area contributed by atoms with Gasteiger partial charge < -0.3 is 4.90 Å². The maximum atomic E-state index is 12.9. The van der Waals surface area contributed by atoms with E-state index in [4.69, 9.17) is 0 Å². The average Bonchev–Trinajstić information content (AvgIpc) is 3.11. The summed E-state index contributed by atoms with van der Waals surface area (Å²) in [5.74, 6) is 0. The van der Waals surface area contributed by atoms with Gasteiger partial charge in [0.1, 0.15) is 0 Å². The molecular formula is C19H21N3O4S3. The highest BCUT2D eigenvalue weighted by Gasteiger charge is 2.29. The first-order valence-electron chi connectivity index (χ1n) is 9.07. The molecule has 0 N–H and O–H groups in total. The number of nitrogens with zero attached hydrogens (tertiary/aromatic N) is 3. The number of fused-ring (bicyclic) bond motifs is 1. The molecule has 1 fully saturated rings. The van der Waals surface area contributed by atoms with Crippen molar-refractivity contribution in [3.8, 4) is 0 Å². The molecule has 0 unspecified atom stereocenters. The molecule has 154 valence electrons. The molecule has 2 aromatic carbocycles. The molecule has 29 heavy (non-hydrogen) atoms. The SMILES string of the molecule is Cc1ccc(S(=O)(=O)N2CCN(c3nc4ccc(S(C)(=O)=O)cc4s3)CC2)cc1. The van der Waals surface area contributed by atoms with Crippen molar-refractivity contribution in [1.29, 1.82) is 0 Å². The second-order valence-electron chi connectivity index (χ2n) is 7.10. The summed E-state index contributed by atoms with van der Waals surface area (Å²) < 4.78 is 51.5. The van der Waals surface area contributed by atoms with Gasteiger partial charge in [-0.15, -0.1) is 0 Å². The van der Waals surface area contributed by atoms with Crippen LogP contribution in [-0.4, -0.2) is 58.6 Å². The first-order chi connectivity index (χ1) is 13.6.